The van der Waals surface area contributed by atoms with Gasteiger partial charge < -0.3 is 15.6 Å². The van der Waals surface area contributed by atoms with Crippen LogP contribution in [0.3, 0.4) is 0 Å². The van der Waals surface area contributed by atoms with Crippen molar-refractivity contribution in [2.75, 3.05) is 12.8 Å². The van der Waals surface area contributed by atoms with E-state index in [0.717, 1.165) is 0 Å². The Morgan fingerprint density at radius 2 is 2.12 bits per heavy atom. The van der Waals surface area contributed by atoms with E-state index >= 15 is 0 Å². The molecule has 0 fully saturated rings. The Kier molecular flexibility index (Phi) is 3.20. The van der Waals surface area contributed by atoms with Gasteiger partial charge in [0, 0.05) is 41.5 Å². The molecule has 2 aromatic heterocycles. The highest BCUT2D eigenvalue weighted by molar-refractivity contribution is 5.48. The van der Waals surface area contributed by atoms with Crippen LogP contribution in [-0.4, -0.2) is 22.2 Å². The molecule has 5 heteroatoms. The molecule has 3 N–H and O–H groups in total. The van der Waals surface area contributed by atoms with Gasteiger partial charge in [-0.3, -0.25) is 4.98 Å². The molecule has 1 unspecified atom stereocenters. The number of pyridine rings is 2. The molecule has 0 bridgehead atoms. The number of nitrogen functional groups attached to an aromatic ring is 1. The number of aliphatic hydroxyl groups is 1. The third-order valence-corrected chi connectivity index (χ3v) is 2.47. The molecule has 0 aliphatic carbocycles. The van der Waals surface area contributed by atoms with Crippen molar-refractivity contribution in [1.29, 1.82) is 0 Å². The maximum atomic E-state index is 10.1. The molecule has 2 aromatic rings. The molecule has 0 aliphatic rings. The molecule has 0 radical (unpaired) electrons. The summed E-state index contributed by atoms with van der Waals surface area (Å²) in [5.41, 5.74) is 7.49. The molecular weight excluding hydrogens is 218 g/mol. The molecule has 0 saturated carbocycles. The van der Waals surface area contributed by atoms with Gasteiger partial charge in [-0.25, -0.2) is 4.98 Å². The maximum absolute atomic E-state index is 10.1. The molecule has 2 rings (SSSR count). The Morgan fingerprint density at radius 1 is 1.29 bits per heavy atom. The lowest BCUT2D eigenvalue weighted by Crippen LogP contribution is -2.04. The van der Waals surface area contributed by atoms with Gasteiger partial charge in [-0.2, -0.15) is 0 Å². The summed E-state index contributed by atoms with van der Waals surface area (Å²) >= 11 is 0. The molecule has 0 spiro atoms. The Hall–Kier alpha value is -2.14. The quantitative estimate of drug-likeness (QED) is 0.828. The average Bonchev–Trinajstić information content (AvgIpc) is 2.39. The molecule has 88 valence electrons. The van der Waals surface area contributed by atoms with Crippen molar-refractivity contribution in [3.63, 3.8) is 0 Å². The van der Waals surface area contributed by atoms with Gasteiger partial charge in [0.2, 0.25) is 5.88 Å². The molecule has 0 saturated heterocycles. The van der Waals surface area contributed by atoms with Gasteiger partial charge in [0.1, 0.15) is 6.10 Å². The largest absolute Gasteiger partial charge is 0.481 e. The smallest absolute Gasteiger partial charge is 0.212 e. The molecule has 0 aliphatic heterocycles. The van der Waals surface area contributed by atoms with E-state index in [1.54, 1.807) is 36.8 Å². The van der Waals surface area contributed by atoms with Crippen molar-refractivity contribution in [2.24, 2.45) is 0 Å². The van der Waals surface area contributed by atoms with Crippen LogP contribution in [0, 0.1) is 0 Å². The van der Waals surface area contributed by atoms with Crippen LogP contribution in [0.5, 0.6) is 5.88 Å². The van der Waals surface area contributed by atoms with E-state index in [1.807, 2.05) is 0 Å². The first kappa shape index (κ1) is 11.3. The van der Waals surface area contributed by atoms with E-state index in [0.29, 0.717) is 22.7 Å². The average molecular weight is 231 g/mol. The molecule has 2 heterocycles. The summed E-state index contributed by atoms with van der Waals surface area (Å²) in [5, 5.41) is 10.1. The van der Waals surface area contributed by atoms with Crippen LogP contribution in [0.25, 0.3) is 0 Å². The van der Waals surface area contributed by atoms with Crippen LogP contribution in [0.1, 0.15) is 17.2 Å². The van der Waals surface area contributed by atoms with Gasteiger partial charge in [-0.1, -0.05) is 0 Å². The summed E-state index contributed by atoms with van der Waals surface area (Å²) in [4.78, 5) is 7.97. The van der Waals surface area contributed by atoms with Gasteiger partial charge >= 0.3 is 0 Å². The normalized spacial score (nSPS) is 12.1. The summed E-state index contributed by atoms with van der Waals surface area (Å²) in [7, 11) is 1.54. The number of nitrogens with zero attached hydrogens (tertiary/aromatic N) is 2. The topological polar surface area (TPSA) is 81.3 Å². The maximum Gasteiger partial charge on any atom is 0.212 e. The zero-order valence-corrected chi connectivity index (χ0v) is 9.37. The minimum absolute atomic E-state index is 0.500. The van der Waals surface area contributed by atoms with E-state index in [1.165, 1.54) is 7.11 Å². The lowest BCUT2D eigenvalue weighted by Gasteiger charge is -2.12. The molecule has 1 atom stereocenters. The van der Waals surface area contributed by atoms with Crippen molar-refractivity contribution in [2.45, 2.75) is 6.10 Å². The van der Waals surface area contributed by atoms with Crippen LogP contribution >= 0.6 is 0 Å². The van der Waals surface area contributed by atoms with Gasteiger partial charge in [0.25, 0.3) is 0 Å². The molecular formula is C12H13N3O2. The van der Waals surface area contributed by atoms with Gasteiger partial charge in [-0.15, -0.1) is 0 Å². The Balaban J connectivity index is 2.30. The first-order valence-corrected chi connectivity index (χ1v) is 5.09. The summed E-state index contributed by atoms with van der Waals surface area (Å²) < 4.78 is 4.95. The number of aromatic nitrogens is 2. The fraction of sp³-hybridized carbons (Fsp3) is 0.167. The predicted octanol–water partition coefficient (Wildman–Crippen LogP) is 1.15. The standard InChI is InChI=1S/C12H13N3O2/c1-17-11-3-2-8(6-15-11)12(16)9-7-14-5-4-10(9)13/h2-7,12,16H,1H3,(H2,13,14). The van der Waals surface area contributed by atoms with E-state index in [4.69, 9.17) is 10.5 Å². The molecule has 17 heavy (non-hydrogen) atoms. The van der Waals surface area contributed by atoms with Gasteiger partial charge in [0.05, 0.1) is 7.11 Å². The summed E-state index contributed by atoms with van der Waals surface area (Å²) in [6.07, 6.45) is 3.85. The fourth-order valence-corrected chi connectivity index (χ4v) is 1.50. The first-order valence-electron chi connectivity index (χ1n) is 5.09. The van der Waals surface area contributed by atoms with Crippen LogP contribution in [0.2, 0.25) is 0 Å². The van der Waals surface area contributed by atoms with Crippen molar-refractivity contribution >= 4 is 5.69 Å². The third kappa shape index (κ3) is 2.34. The molecule has 5 nitrogen and oxygen atoms in total. The van der Waals surface area contributed by atoms with Crippen LogP contribution < -0.4 is 10.5 Å². The number of aliphatic hydroxyl groups excluding tert-OH is 1. The molecule has 0 amide bonds. The Bertz CT molecular complexity index is 499. The molecule has 0 aromatic carbocycles. The van der Waals surface area contributed by atoms with Crippen LogP contribution in [-0.2, 0) is 0 Å². The lowest BCUT2D eigenvalue weighted by atomic mass is 10.0. The number of rotatable bonds is 3. The third-order valence-electron chi connectivity index (χ3n) is 2.47. The van der Waals surface area contributed by atoms with Crippen LogP contribution in [0.4, 0.5) is 5.69 Å². The number of hydrogen-bond donors (Lipinski definition) is 2. The second-order valence-corrected chi connectivity index (χ2v) is 3.54. The zero-order valence-electron chi connectivity index (χ0n) is 9.37. The highest BCUT2D eigenvalue weighted by atomic mass is 16.5. The zero-order chi connectivity index (χ0) is 12.3. The highest BCUT2D eigenvalue weighted by Gasteiger charge is 2.13. The van der Waals surface area contributed by atoms with Gasteiger partial charge in [0.15, 0.2) is 0 Å². The van der Waals surface area contributed by atoms with Crippen molar-refractivity contribution < 1.29 is 9.84 Å². The van der Waals surface area contributed by atoms with Crippen molar-refractivity contribution in [3.8, 4) is 5.88 Å². The second-order valence-electron chi connectivity index (χ2n) is 3.54. The minimum Gasteiger partial charge on any atom is -0.481 e. The fourth-order valence-electron chi connectivity index (χ4n) is 1.50. The lowest BCUT2D eigenvalue weighted by molar-refractivity contribution is 0.220. The number of hydrogen-bond acceptors (Lipinski definition) is 5. The second kappa shape index (κ2) is 4.80. The summed E-state index contributed by atoms with van der Waals surface area (Å²) in [6, 6.07) is 5.07. The van der Waals surface area contributed by atoms with Crippen molar-refractivity contribution in [3.05, 3.63) is 47.9 Å². The highest BCUT2D eigenvalue weighted by Crippen LogP contribution is 2.25. The van der Waals surface area contributed by atoms with E-state index in [-0.39, 0.29) is 0 Å². The number of ether oxygens (including phenoxy) is 1. The summed E-state index contributed by atoms with van der Waals surface area (Å²) in [5.74, 6) is 0.500. The minimum atomic E-state index is -0.831. The summed E-state index contributed by atoms with van der Waals surface area (Å²) in [6.45, 7) is 0. The number of methoxy groups -OCH3 is 1. The van der Waals surface area contributed by atoms with E-state index in [9.17, 15) is 5.11 Å². The Morgan fingerprint density at radius 3 is 2.71 bits per heavy atom. The SMILES string of the molecule is COc1ccc(C(O)c2cnccc2N)cn1. The van der Waals surface area contributed by atoms with Gasteiger partial charge in [-0.05, 0) is 12.1 Å². The number of anilines is 1. The van der Waals surface area contributed by atoms with Crippen LogP contribution in [0.15, 0.2) is 36.8 Å². The van der Waals surface area contributed by atoms with E-state index in [2.05, 4.69) is 9.97 Å². The monoisotopic (exact) mass is 231 g/mol. The predicted molar refractivity (Wildman–Crippen MR) is 63.5 cm³/mol. The number of nitrogens with two attached hydrogens (primary N) is 1. The Labute approximate surface area is 98.9 Å². The van der Waals surface area contributed by atoms with E-state index < -0.39 is 6.10 Å². The van der Waals surface area contributed by atoms with Crippen molar-refractivity contribution in [1.82, 2.24) is 9.97 Å². The first-order chi connectivity index (χ1) is 8.22.